The second kappa shape index (κ2) is 5.69. The summed E-state index contributed by atoms with van der Waals surface area (Å²) < 4.78 is 0.987. The fraction of sp³-hybridized carbons (Fsp3) is 0.357. The van der Waals surface area contributed by atoms with Gasteiger partial charge in [0.1, 0.15) is 6.04 Å². The average Bonchev–Trinajstić information content (AvgIpc) is 2.89. The van der Waals surface area contributed by atoms with Crippen LogP contribution < -0.4 is 5.32 Å². The molecule has 1 aromatic carbocycles. The molecule has 21 heavy (non-hydrogen) atoms. The third kappa shape index (κ3) is 2.82. The monoisotopic (exact) mass is 305 g/mol. The number of aromatic nitrogens is 1. The van der Waals surface area contributed by atoms with E-state index in [2.05, 4.69) is 10.3 Å². The van der Waals surface area contributed by atoms with Gasteiger partial charge in [-0.15, -0.1) is 0 Å². The summed E-state index contributed by atoms with van der Waals surface area (Å²) >= 11 is 1.38. The van der Waals surface area contributed by atoms with Gasteiger partial charge in [-0.2, -0.15) is 0 Å². The number of para-hydroxylation sites is 1. The van der Waals surface area contributed by atoms with Gasteiger partial charge in [0.2, 0.25) is 0 Å². The summed E-state index contributed by atoms with van der Waals surface area (Å²) in [6, 6.07) is 6.48. The molecule has 2 amide bonds. The van der Waals surface area contributed by atoms with E-state index in [1.54, 1.807) is 0 Å². The van der Waals surface area contributed by atoms with Crippen LogP contribution in [-0.4, -0.2) is 39.6 Å². The van der Waals surface area contributed by atoms with Crippen molar-refractivity contribution in [1.82, 2.24) is 9.88 Å². The molecule has 1 atom stereocenters. The number of carbonyl (C=O) groups excluding carboxylic acids is 1. The van der Waals surface area contributed by atoms with Crippen LogP contribution in [0.15, 0.2) is 24.3 Å². The van der Waals surface area contributed by atoms with Crippen molar-refractivity contribution in [2.75, 3.05) is 11.9 Å². The molecule has 1 saturated heterocycles. The molecule has 2 heterocycles. The second-order valence-corrected chi connectivity index (χ2v) is 5.99. The molecule has 0 aliphatic carbocycles. The van der Waals surface area contributed by atoms with E-state index in [9.17, 15) is 14.7 Å². The molecule has 0 saturated carbocycles. The van der Waals surface area contributed by atoms with Gasteiger partial charge < -0.3 is 10.0 Å². The van der Waals surface area contributed by atoms with Crippen LogP contribution in [0.5, 0.6) is 0 Å². The van der Waals surface area contributed by atoms with Crippen LogP contribution in [0.2, 0.25) is 0 Å². The minimum atomic E-state index is -0.950. The number of carboxylic acids is 1. The summed E-state index contributed by atoms with van der Waals surface area (Å²) in [5.74, 6) is -0.950. The zero-order chi connectivity index (χ0) is 14.8. The van der Waals surface area contributed by atoms with Crippen molar-refractivity contribution in [2.24, 2.45) is 0 Å². The van der Waals surface area contributed by atoms with Crippen molar-refractivity contribution in [3.05, 3.63) is 24.3 Å². The van der Waals surface area contributed by atoms with Gasteiger partial charge in [-0.25, -0.2) is 14.6 Å². The predicted molar refractivity (Wildman–Crippen MR) is 80.6 cm³/mol. The third-order valence-corrected chi connectivity index (χ3v) is 4.51. The lowest BCUT2D eigenvalue weighted by Crippen LogP contribution is -2.49. The Morgan fingerprint density at radius 1 is 1.33 bits per heavy atom. The number of hydrogen-bond donors (Lipinski definition) is 2. The Balaban J connectivity index is 1.76. The summed E-state index contributed by atoms with van der Waals surface area (Å²) in [7, 11) is 0. The highest BCUT2D eigenvalue weighted by atomic mass is 32.1. The van der Waals surface area contributed by atoms with E-state index in [0.29, 0.717) is 18.1 Å². The molecule has 2 N–H and O–H groups in total. The van der Waals surface area contributed by atoms with E-state index in [0.717, 1.165) is 23.1 Å². The molecular formula is C14H15N3O3S. The molecule has 110 valence electrons. The summed E-state index contributed by atoms with van der Waals surface area (Å²) in [6.07, 6.45) is 2.17. The van der Waals surface area contributed by atoms with Crippen LogP contribution >= 0.6 is 11.3 Å². The molecule has 2 aromatic rings. The fourth-order valence-corrected chi connectivity index (χ4v) is 3.38. The molecule has 3 rings (SSSR count). The second-order valence-electron chi connectivity index (χ2n) is 4.96. The number of hydrogen-bond acceptors (Lipinski definition) is 4. The first-order chi connectivity index (χ1) is 10.1. The van der Waals surface area contributed by atoms with Gasteiger partial charge in [0, 0.05) is 6.54 Å². The first-order valence-electron chi connectivity index (χ1n) is 6.81. The highest BCUT2D eigenvalue weighted by Gasteiger charge is 2.32. The van der Waals surface area contributed by atoms with Crippen molar-refractivity contribution >= 4 is 38.7 Å². The van der Waals surface area contributed by atoms with E-state index in [-0.39, 0.29) is 6.03 Å². The van der Waals surface area contributed by atoms with Gasteiger partial charge in [0.05, 0.1) is 10.2 Å². The lowest BCUT2D eigenvalue weighted by Gasteiger charge is -2.32. The summed E-state index contributed by atoms with van der Waals surface area (Å²) in [6.45, 7) is 0.466. The number of urea groups is 1. The molecule has 1 unspecified atom stereocenters. The molecule has 1 aliphatic heterocycles. The van der Waals surface area contributed by atoms with Crippen molar-refractivity contribution in [1.29, 1.82) is 0 Å². The molecule has 7 heteroatoms. The molecule has 0 radical (unpaired) electrons. The Bertz CT molecular complexity index is 652. The van der Waals surface area contributed by atoms with Gasteiger partial charge in [0.15, 0.2) is 5.13 Å². The fourth-order valence-electron chi connectivity index (χ4n) is 2.52. The molecule has 6 nitrogen and oxygen atoms in total. The highest BCUT2D eigenvalue weighted by molar-refractivity contribution is 7.22. The highest BCUT2D eigenvalue weighted by Crippen LogP contribution is 2.26. The number of likely N-dealkylation sites (tertiary alicyclic amines) is 1. The van der Waals surface area contributed by atoms with Crippen molar-refractivity contribution in [2.45, 2.75) is 25.3 Å². The van der Waals surface area contributed by atoms with Gasteiger partial charge in [-0.3, -0.25) is 5.32 Å². The number of nitrogens with zero attached hydrogens (tertiary/aromatic N) is 2. The lowest BCUT2D eigenvalue weighted by atomic mass is 10.0. The minimum absolute atomic E-state index is 0.388. The molecule has 0 bridgehead atoms. The van der Waals surface area contributed by atoms with Gasteiger partial charge >= 0.3 is 12.0 Å². The van der Waals surface area contributed by atoms with Crippen LogP contribution in [0, 0.1) is 0 Å². The van der Waals surface area contributed by atoms with Crippen LogP contribution in [0.4, 0.5) is 9.93 Å². The largest absolute Gasteiger partial charge is 0.480 e. The molecule has 1 aromatic heterocycles. The summed E-state index contributed by atoms with van der Waals surface area (Å²) in [5, 5.41) is 12.4. The van der Waals surface area contributed by atoms with Crippen molar-refractivity contribution in [3.8, 4) is 0 Å². The van der Waals surface area contributed by atoms with E-state index >= 15 is 0 Å². The number of nitrogens with one attached hydrogen (secondary N) is 1. The van der Waals surface area contributed by atoms with Crippen molar-refractivity contribution in [3.63, 3.8) is 0 Å². The number of amides is 2. The maximum atomic E-state index is 12.3. The maximum Gasteiger partial charge on any atom is 0.326 e. The number of piperidine rings is 1. The van der Waals surface area contributed by atoms with E-state index in [4.69, 9.17) is 0 Å². The molecule has 0 spiro atoms. The Hall–Kier alpha value is -2.15. The van der Waals surface area contributed by atoms with Crippen molar-refractivity contribution < 1.29 is 14.7 Å². The first kappa shape index (κ1) is 13.8. The quantitative estimate of drug-likeness (QED) is 0.893. The number of rotatable bonds is 2. The predicted octanol–water partition coefficient (Wildman–Crippen LogP) is 2.77. The van der Waals surface area contributed by atoms with Gasteiger partial charge in [-0.1, -0.05) is 23.5 Å². The summed E-state index contributed by atoms with van der Waals surface area (Å²) in [4.78, 5) is 29.2. The average molecular weight is 305 g/mol. The SMILES string of the molecule is O=C(O)C1CCCCN1C(=O)Nc1nc2ccccc2s1. The van der Waals surface area contributed by atoms with Crippen LogP contribution in [0.1, 0.15) is 19.3 Å². The number of aliphatic carboxylic acids is 1. The number of fused-ring (bicyclic) bond motifs is 1. The zero-order valence-corrected chi connectivity index (χ0v) is 12.1. The topological polar surface area (TPSA) is 82.5 Å². The molecule has 1 fully saturated rings. The van der Waals surface area contributed by atoms with E-state index < -0.39 is 12.0 Å². The van der Waals surface area contributed by atoms with Gasteiger partial charge in [0.25, 0.3) is 0 Å². The minimum Gasteiger partial charge on any atom is -0.480 e. The first-order valence-corrected chi connectivity index (χ1v) is 7.63. The number of carbonyl (C=O) groups is 2. The zero-order valence-electron chi connectivity index (χ0n) is 11.3. The number of carboxylic acid groups (broad SMARTS) is 1. The Morgan fingerprint density at radius 3 is 2.90 bits per heavy atom. The Labute approximate surface area is 125 Å². The van der Waals surface area contributed by atoms with Crippen LogP contribution in [0.25, 0.3) is 10.2 Å². The Kier molecular flexibility index (Phi) is 3.74. The van der Waals surface area contributed by atoms with E-state index in [1.165, 1.54) is 16.2 Å². The summed E-state index contributed by atoms with van der Waals surface area (Å²) in [5.41, 5.74) is 0.825. The maximum absolute atomic E-state index is 12.3. The Morgan fingerprint density at radius 2 is 2.14 bits per heavy atom. The van der Waals surface area contributed by atoms with Crippen LogP contribution in [0.3, 0.4) is 0 Å². The number of thiazole rings is 1. The van der Waals surface area contributed by atoms with Gasteiger partial charge in [-0.05, 0) is 31.4 Å². The lowest BCUT2D eigenvalue weighted by molar-refractivity contribution is -0.143. The third-order valence-electron chi connectivity index (χ3n) is 3.56. The standard InChI is InChI=1S/C14H15N3O3S/c18-12(19)10-6-3-4-8-17(10)14(20)16-13-15-9-5-1-2-7-11(9)21-13/h1-2,5,7,10H,3-4,6,8H2,(H,18,19)(H,15,16,20). The number of anilines is 1. The smallest absolute Gasteiger partial charge is 0.326 e. The normalized spacial score (nSPS) is 18.7. The molecular weight excluding hydrogens is 290 g/mol. The number of benzene rings is 1. The molecule has 1 aliphatic rings. The van der Waals surface area contributed by atoms with Crippen LogP contribution in [-0.2, 0) is 4.79 Å². The van der Waals surface area contributed by atoms with E-state index in [1.807, 2.05) is 24.3 Å².